The van der Waals surface area contributed by atoms with Gasteiger partial charge in [-0.25, -0.2) is 4.68 Å². The maximum atomic E-state index is 13.0. The largest absolute Gasteiger partial charge is 0.274 e. The molecule has 28 heavy (non-hydrogen) atoms. The van der Waals surface area contributed by atoms with Crippen LogP contribution in [0.25, 0.3) is 22.0 Å². The Balaban J connectivity index is 1.92. The summed E-state index contributed by atoms with van der Waals surface area (Å²) in [5, 5.41) is 15.2. The summed E-state index contributed by atoms with van der Waals surface area (Å²) in [7, 11) is 0. The lowest BCUT2D eigenvalue weighted by Crippen LogP contribution is -2.24. The highest BCUT2D eigenvalue weighted by atomic mass is 16.1. The molecule has 0 amide bonds. The summed E-state index contributed by atoms with van der Waals surface area (Å²) in [6.45, 7) is 4.46. The average Bonchev–Trinajstić information content (AvgIpc) is 2.72. The van der Waals surface area contributed by atoms with Gasteiger partial charge in [-0.15, -0.1) is 0 Å². The van der Waals surface area contributed by atoms with Gasteiger partial charge in [-0.1, -0.05) is 48.0 Å². The zero-order valence-electron chi connectivity index (χ0n) is 15.8. The maximum absolute atomic E-state index is 13.0. The molecule has 4 nitrogen and oxygen atoms in total. The number of hydrogen-bond acceptors (Lipinski definition) is 3. The molecule has 0 spiro atoms. The Morgan fingerprint density at radius 3 is 2.39 bits per heavy atom. The van der Waals surface area contributed by atoms with E-state index in [-0.39, 0.29) is 5.56 Å². The fourth-order valence-electron chi connectivity index (χ4n) is 3.39. The molecule has 4 aromatic rings. The van der Waals surface area contributed by atoms with Gasteiger partial charge in [-0.05, 0) is 49.2 Å². The molecule has 0 saturated heterocycles. The Labute approximate surface area is 163 Å². The van der Waals surface area contributed by atoms with E-state index in [9.17, 15) is 4.79 Å². The van der Waals surface area contributed by atoms with Crippen molar-refractivity contribution in [1.82, 2.24) is 9.78 Å². The van der Waals surface area contributed by atoms with Crippen molar-refractivity contribution >= 4 is 10.8 Å². The number of rotatable bonds is 3. The van der Waals surface area contributed by atoms with Crippen molar-refractivity contribution in [2.75, 3.05) is 0 Å². The van der Waals surface area contributed by atoms with Gasteiger partial charge in [0, 0.05) is 10.9 Å². The number of aryl methyl sites for hydroxylation is 2. The predicted molar refractivity (Wildman–Crippen MR) is 111 cm³/mol. The van der Waals surface area contributed by atoms with Gasteiger partial charge in [-0.3, -0.25) is 4.79 Å². The van der Waals surface area contributed by atoms with Crippen molar-refractivity contribution in [1.29, 1.82) is 5.26 Å². The summed E-state index contributed by atoms with van der Waals surface area (Å²) < 4.78 is 1.51. The third-order valence-electron chi connectivity index (χ3n) is 4.93. The lowest BCUT2D eigenvalue weighted by atomic mass is 9.99. The summed E-state index contributed by atoms with van der Waals surface area (Å²) in [6.07, 6.45) is 0. The highest BCUT2D eigenvalue weighted by Gasteiger charge is 2.14. The highest BCUT2D eigenvalue weighted by Crippen LogP contribution is 2.28. The molecule has 0 fully saturated rings. The van der Waals surface area contributed by atoms with Crippen LogP contribution < -0.4 is 5.56 Å². The Bertz CT molecular complexity index is 1280. The summed E-state index contributed by atoms with van der Waals surface area (Å²) >= 11 is 0. The van der Waals surface area contributed by atoms with Gasteiger partial charge in [0.25, 0.3) is 5.56 Å². The van der Waals surface area contributed by atoms with Crippen LogP contribution in [0.5, 0.6) is 0 Å². The minimum absolute atomic E-state index is 0.117. The molecule has 4 heteroatoms. The molecular weight excluding hydrogens is 346 g/mol. The molecule has 0 unspecified atom stereocenters. The smallest absolute Gasteiger partial charge is 0.267 e. The molecule has 1 aromatic heterocycles. The molecular formula is C24H19N3O. The molecule has 0 N–H and O–H groups in total. The van der Waals surface area contributed by atoms with Gasteiger partial charge in [-0.2, -0.15) is 10.4 Å². The van der Waals surface area contributed by atoms with Crippen LogP contribution in [-0.2, 0) is 6.54 Å². The van der Waals surface area contributed by atoms with Gasteiger partial charge in [0.2, 0.25) is 0 Å². The molecule has 1 heterocycles. The molecule has 3 aromatic carbocycles. The van der Waals surface area contributed by atoms with Crippen LogP contribution in [0.2, 0.25) is 0 Å². The van der Waals surface area contributed by atoms with E-state index in [2.05, 4.69) is 38.1 Å². The number of hydrogen-bond donors (Lipinski definition) is 0. The zero-order valence-corrected chi connectivity index (χ0v) is 15.8. The molecule has 0 saturated carbocycles. The van der Waals surface area contributed by atoms with Crippen LogP contribution in [0.1, 0.15) is 22.3 Å². The normalized spacial score (nSPS) is 10.8. The highest BCUT2D eigenvalue weighted by molar-refractivity contribution is 5.94. The summed E-state index contributed by atoms with van der Waals surface area (Å²) in [5.41, 5.74) is 5.52. The third kappa shape index (κ3) is 3.19. The second-order valence-electron chi connectivity index (χ2n) is 6.98. The van der Waals surface area contributed by atoms with Crippen molar-refractivity contribution in [2.45, 2.75) is 20.4 Å². The van der Waals surface area contributed by atoms with E-state index in [1.54, 1.807) is 12.1 Å². The standard InChI is InChI=1S/C24H19N3O/c1-16-7-8-17(2)22(13-16)23-20-5-3-4-6-21(20)24(28)27(26-23)15-19-11-9-18(14-25)10-12-19/h3-13H,15H2,1-2H3. The molecule has 0 aliphatic rings. The van der Waals surface area contributed by atoms with Crippen LogP contribution in [0, 0.1) is 25.2 Å². The van der Waals surface area contributed by atoms with Crippen molar-refractivity contribution in [3.63, 3.8) is 0 Å². The van der Waals surface area contributed by atoms with E-state index in [1.807, 2.05) is 36.4 Å². The van der Waals surface area contributed by atoms with E-state index in [0.717, 1.165) is 33.3 Å². The first kappa shape index (κ1) is 17.7. The number of nitrogens with zero attached hydrogens (tertiary/aromatic N) is 3. The molecule has 0 radical (unpaired) electrons. The summed E-state index contributed by atoms with van der Waals surface area (Å²) in [6, 6.07) is 23.2. The topological polar surface area (TPSA) is 58.7 Å². The van der Waals surface area contributed by atoms with Gasteiger partial charge < -0.3 is 0 Å². The molecule has 0 aliphatic carbocycles. The van der Waals surface area contributed by atoms with Gasteiger partial charge in [0.05, 0.1) is 29.3 Å². The fourth-order valence-corrected chi connectivity index (χ4v) is 3.39. The van der Waals surface area contributed by atoms with Crippen LogP contribution in [0.3, 0.4) is 0 Å². The van der Waals surface area contributed by atoms with Crippen molar-refractivity contribution in [2.24, 2.45) is 0 Å². The van der Waals surface area contributed by atoms with Crippen molar-refractivity contribution in [3.05, 3.63) is 99.3 Å². The quantitative estimate of drug-likeness (QED) is 0.533. The van der Waals surface area contributed by atoms with Crippen molar-refractivity contribution in [3.8, 4) is 17.3 Å². The zero-order chi connectivity index (χ0) is 19.7. The van der Waals surface area contributed by atoms with Crippen LogP contribution in [-0.4, -0.2) is 9.78 Å². The second kappa shape index (κ2) is 7.13. The summed E-state index contributed by atoms with van der Waals surface area (Å²) in [5.74, 6) is 0. The molecule has 0 aliphatic heterocycles. The maximum Gasteiger partial charge on any atom is 0.274 e. The molecule has 0 bridgehead atoms. The number of nitriles is 1. The van der Waals surface area contributed by atoms with Gasteiger partial charge in [0.1, 0.15) is 0 Å². The van der Waals surface area contributed by atoms with Crippen LogP contribution >= 0.6 is 0 Å². The van der Waals surface area contributed by atoms with Crippen LogP contribution in [0.15, 0.2) is 71.5 Å². The predicted octanol–water partition coefficient (Wildman–Crippen LogP) is 4.60. The molecule has 136 valence electrons. The number of aromatic nitrogens is 2. The van der Waals surface area contributed by atoms with Gasteiger partial charge >= 0.3 is 0 Å². The van der Waals surface area contributed by atoms with E-state index < -0.39 is 0 Å². The lowest BCUT2D eigenvalue weighted by Gasteiger charge is -2.13. The minimum atomic E-state index is -0.117. The Morgan fingerprint density at radius 1 is 0.964 bits per heavy atom. The summed E-state index contributed by atoms with van der Waals surface area (Å²) in [4.78, 5) is 13.0. The molecule has 0 atom stereocenters. The van der Waals surface area contributed by atoms with E-state index in [1.165, 1.54) is 4.68 Å². The number of benzene rings is 3. The fraction of sp³-hybridized carbons (Fsp3) is 0.125. The number of fused-ring (bicyclic) bond motifs is 1. The first-order valence-electron chi connectivity index (χ1n) is 9.13. The Hall–Kier alpha value is -3.71. The Morgan fingerprint density at radius 2 is 1.68 bits per heavy atom. The van der Waals surface area contributed by atoms with E-state index in [0.29, 0.717) is 17.5 Å². The molecule has 4 rings (SSSR count). The van der Waals surface area contributed by atoms with Crippen LogP contribution in [0.4, 0.5) is 0 Å². The van der Waals surface area contributed by atoms with E-state index in [4.69, 9.17) is 10.4 Å². The first-order chi connectivity index (χ1) is 13.6. The average molecular weight is 365 g/mol. The van der Waals surface area contributed by atoms with E-state index >= 15 is 0 Å². The minimum Gasteiger partial charge on any atom is -0.267 e. The third-order valence-corrected chi connectivity index (χ3v) is 4.93. The first-order valence-corrected chi connectivity index (χ1v) is 9.13. The Kier molecular flexibility index (Phi) is 4.50. The van der Waals surface area contributed by atoms with Gasteiger partial charge in [0.15, 0.2) is 0 Å². The lowest BCUT2D eigenvalue weighted by molar-refractivity contribution is 0.651. The van der Waals surface area contributed by atoms with Crippen molar-refractivity contribution < 1.29 is 0 Å². The second-order valence-corrected chi connectivity index (χ2v) is 6.98. The monoisotopic (exact) mass is 365 g/mol. The SMILES string of the molecule is Cc1ccc(C)c(-c2nn(Cc3ccc(C#N)cc3)c(=O)c3ccccc23)c1.